The summed E-state index contributed by atoms with van der Waals surface area (Å²) in [6.45, 7) is 10.3. The van der Waals surface area contributed by atoms with Crippen molar-refractivity contribution < 1.29 is 19.1 Å². The van der Waals surface area contributed by atoms with Gasteiger partial charge in [0.1, 0.15) is 24.5 Å². The van der Waals surface area contributed by atoms with E-state index in [0.29, 0.717) is 12.1 Å². The predicted molar refractivity (Wildman–Crippen MR) is 175 cm³/mol. The monoisotopic (exact) mass is 635 g/mol. The molecule has 0 bridgehead atoms. The van der Waals surface area contributed by atoms with Gasteiger partial charge in [-0.15, -0.1) is 11.3 Å². The third-order valence-electron chi connectivity index (χ3n) is 10.5. The first-order chi connectivity index (χ1) is 21.9. The number of rotatable bonds is 7. The summed E-state index contributed by atoms with van der Waals surface area (Å²) < 4.78 is 5.71. The molecule has 1 aromatic heterocycles. The third kappa shape index (κ3) is 6.16. The molecule has 1 aliphatic carbocycles. The Bertz CT molecular complexity index is 1380. The molecule has 5 fully saturated rings. The second-order valence-electron chi connectivity index (χ2n) is 13.4. The number of fused-ring (bicyclic) bond motifs is 1. The number of aromatic nitrogens is 1. The van der Waals surface area contributed by atoms with Gasteiger partial charge < -0.3 is 34.6 Å². The number of piperazine rings is 2. The zero-order valence-electron chi connectivity index (χ0n) is 26.4. The molecule has 242 valence electrons. The lowest BCUT2D eigenvalue weighted by Gasteiger charge is -2.36. The van der Waals surface area contributed by atoms with Crippen LogP contribution in [-0.4, -0.2) is 123 Å². The largest absolute Gasteiger partial charge is 0.368 e. The van der Waals surface area contributed by atoms with Gasteiger partial charge in [-0.05, 0) is 50.1 Å². The smallest absolute Gasteiger partial charge is 0.251 e. The van der Waals surface area contributed by atoms with Gasteiger partial charge in [0.25, 0.3) is 5.91 Å². The number of likely N-dealkylation sites (N-methyl/N-ethyl adjacent to an activating group) is 1. The number of likely N-dealkylation sites (tertiary alicyclic amines) is 1. The predicted octanol–water partition coefficient (Wildman–Crippen LogP) is 2.32. The summed E-state index contributed by atoms with van der Waals surface area (Å²) >= 11 is 1.74. The maximum Gasteiger partial charge on any atom is 0.251 e. The fraction of sp³-hybridized carbons (Fsp3) is 0.636. The van der Waals surface area contributed by atoms with Crippen molar-refractivity contribution in [2.45, 2.75) is 50.8 Å². The number of nitrogens with zero attached hydrogens (tertiary/aromatic N) is 6. The molecule has 1 saturated carbocycles. The van der Waals surface area contributed by atoms with Crippen LogP contribution in [0.2, 0.25) is 0 Å². The number of anilines is 3. The van der Waals surface area contributed by atoms with Crippen molar-refractivity contribution in [1.82, 2.24) is 20.1 Å². The highest BCUT2D eigenvalue weighted by Crippen LogP contribution is 2.35. The highest BCUT2D eigenvalue weighted by molar-refractivity contribution is 7.14. The zero-order chi connectivity index (χ0) is 31.1. The van der Waals surface area contributed by atoms with E-state index in [1.54, 1.807) is 16.2 Å². The Kier molecular flexibility index (Phi) is 8.71. The fourth-order valence-corrected chi connectivity index (χ4v) is 8.65. The van der Waals surface area contributed by atoms with Crippen molar-refractivity contribution in [2.24, 2.45) is 11.8 Å². The van der Waals surface area contributed by atoms with E-state index in [2.05, 4.69) is 37.3 Å². The van der Waals surface area contributed by atoms with Crippen LogP contribution >= 0.6 is 11.3 Å². The fourth-order valence-electron chi connectivity index (χ4n) is 7.76. The molecule has 2 amide bonds. The van der Waals surface area contributed by atoms with Gasteiger partial charge in [0.05, 0.1) is 6.10 Å². The first kappa shape index (κ1) is 30.4. The van der Waals surface area contributed by atoms with Crippen LogP contribution in [0, 0.1) is 11.8 Å². The number of carbonyl (C=O) groups is 3. The van der Waals surface area contributed by atoms with Crippen molar-refractivity contribution in [1.29, 1.82) is 0 Å². The number of amides is 2. The number of thiazole rings is 1. The normalized spacial score (nSPS) is 26.9. The van der Waals surface area contributed by atoms with Crippen molar-refractivity contribution >= 4 is 45.6 Å². The number of hydrogen-bond donors (Lipinski definition) is 1. The molecule has 11 nitrogen and oxygen atoms in total. The van der Waals surface area contributed by atoms with Gasteiger partial charge in [-0.2, -0.15) is 0 Å². The number of ether oxygens (including phenoxy) is 1. The van der Waals surface area contributed by atoms with E-state index in [1.165, 1.54) is 0 Å². The van der Waals surface area contributed by atoms with Crippen LogP contribution in [0.15, 0.2) is 29.6 Å². The molecule has 4 atom stereocenters. The minimum Gasteiger partial charge on any atom is -0.368 e. The molecule has 1 N–H and O–H groups in total. The Morgan fingerprint density at radius 2 is 1.62 bits per heavy atom. The Morgan fingerprint density at radius 3 is 2.33 bits per heavy atom. The third-order valence-corrected chi connectivity index (χ3v) is 11.4. The van der Waals surface area contributed by atoms with Crippen LogP contribution in [0.1, 0.15) is 43.0 Å². The van der Waals surface area contributed by atoms with Gasteiger partial charge in [-0.3, -0.25) is 14.4 Å². The molecule has 4 saturated heterocycles. The van der Waals surface area contributed by atoms with E-state index in [4.69, 9.17) is 9.72 Å². The molecule has 0 unspecified atom stereocenters. The van der Waals surface area contributed by atoms with E-state index in [0.717, 1.165) is 94.7 Å². The minimum absolute atomic E-state index is 0.0346. The van der Waals surface area contributed by atoms with Crippen LogP contribution in [0.25, 0.3) is 0 Å². The lowest BCUT2D eigenvalue weighted by Crippen LogP contribution is -2.54. The van der Waals surface area contributed by atoms with Crippen LogP contribution in [0.3, 0.4) is 0 Å². The van der Waals surface area contributed by atoms with E-state index in [1.807, 2.05) is 31.2 Å². The summed E-state index contributed by atoms with van der Waals surface area (Å²) in [5, 5.41) is 6.40. The molecule has 12 heteroatoms. The molecule has 2 aromatic rings. The Balaban J connectivity index is 0.960. The van der Waals surface area contributed by atoms with E-state index < -0.39 is 12.1 Å². The maximum atomic E-state index is 13.9. The summed E-state index contributed by atoms with van der Waals surface area (Å²) in [6.07, 6.45) is 3.67. The zero-order valence-corrected chi connectivity index (χ0v) is 27.2. The molecule has 45 heavy (non-hydrogen) atoms. The van der Waals surface area contributed by atoms with Crippen LogP contribution in [0.5, 0.6) is 0 Å². The Morgan fingerprint density at radius 1 is 0.956 bits per heavy atom. The maximum absolute atomic E-state index is 13.9. The van der Waals surface area contributed by atoms with Crippen molar-refractivity contribution in [3.05, 3.63) is 35.2 Å². The molecule has 4 aliphatic heterocycles. The second-order valence-corrected chi connectivity index (χ2v) is 14.3. The summed E-state index contributed by atoms with van der Waals surface area (Å²) in [4.78, 5) is 56.1. The van der Waals surface area contributed by atoms with Gasteiger partial charge >= 0.3 is 0 Å². The van der Waals surface area contributed by atoms with E-state index >= 15 is 0 Å². The number of Topliss-reactive ketones (excluding diaryl/α,β-unsaturated/α-hetero) is 1. The van der Waals surface area contributed by atoms with Crippen molar-refractivity contribution in [3.63, 3.8) is 0 Å². The molecule has 1 aromatic carbocycles. The average molecular weight is 636 g/mol. The lowest BCUT2D eigenvalue weighted by molar-refractivity contribution is -0.139. The molecular weight excluding hydrogens is 590 g/mol. The number of hydrogen-bond acceptors (Lipinski definition) is 10. The number of ketones is 1. The highest BCUT2D eigenvalue weighted by atomic mass is 32.1. The quantitative estimate of drug-likeness (QED) is 0.492. The molecule has 5 heterocycles. The van der Waals surface area contributed by atoms with Crippen molar-refractivity contribution in [2.75, 3.05) is 87.3 Å². The van der Waals surface area contributed by atoms with Gasteiger partial charge in [-0.25, -0.2) is 4.98 Å². The van der Waals surface area contributed by atoms with Gasteiger partial charge in [-0.1, -0.05) is 19.8 Å². The van der Waals surface area contributed by atoms with Crippen LogP contribution in [-0.2, 0) is 14.3 Å². The summed E-state index contributed by atoms with van der Waals surface area (Å²) in [5.41, 5.74) is 1.63. The van der Waals surface area contributed by atoms with Gasteiger partial charge in [0, 0.05) is 81.5 Å². The standard InChI is InChI=1S/C33H45N7O4S/c1-22-19-40(29-26(41)20-44-30(22)29)32(43)28(23-5-3-4-6-23)35-31(42)24-7-9-25(10-8-24)37-15-17-38(18-16-37)27-21-45-33(34-27)39-13-11-36(2)12-14-39/h7-10,21-23,28-30H,3-6,11-20H2,1-2H3,(H,35,42)/t22-,28-,29+,30+/m0/s1. The second kappa shape index (κ2) is 12.9. The number of nitrogens with one attached hydrogen (secondary N) is 1. The lowest BCUT2D eigenvalue weighted by atomic mass is 9.95. The summed E-state index contributed by atoms with van der Waals surface area (Å²) in [7, 11) is 2.17. The van der Waals surface area contributed by atoms with Crippen LogP contribution < -0.4 is 20.0 Å². The summed E-state index contributed by atoms with van der Waals surface area (Å²) in [6, 6.07) is 6.58. The van der Waals surface area contributed by atoms with Crippen LogP contribution in [0.4, 0.5) is 16.6 Å². The summed E-state index contributed by atoms with van der Waals surface area (Å²) in [5.74, 6) is 0.830. The first-order valence-electron chi connectivity index (χ1n) is 16.6. The average Bonchev–Trinajstić information content (AvgIpc) is 3.88. The van der Waals surface area contributed by atoms with Gasteiger partial charge in [0.2, 0.25) is 5.91 Å². The molecular formula is C33H45N7O4S. The Labute approximate surface area is 269 Å². The molecule has 0 radical (unpaired) electrons. The molecule has 0 spiro atoms. The SMILES string of the molecule is C[C@H]1CN(C(=O)[C@@H](NC(=O)c2ccc(N3CCN(c4csc(N5CCN(C)CC5)n4)CC3)cc2)C2CCCC2)[C@@H]2C(=O)CO[C@@H]21. The first-order valence-corrected chi connectivity index (χ1v) is 17.5. The van der Waals surface area contributed by atoms with Crippen molar-refractivity contribution in [3.8, 4) is 0 Å². The molecule has 7 rings (SSSR count). The highest BCUT2D eigenvalue weighted by Gasteiger charge is 2.52. The molecule has 5 aliphatic rings. The minimum atomic E-state index is -0.630. The van der Waals surface area contributed by atoms with E-state index in [9.17, 15) is 14.4 Å². The number of benzene rings is 1. The number of carbonyl (C=O) groups excluding carboxylic acids is 3. The topological polar surface area (TPSA) is 102 Å². The van der Waals surface area contributed by atoms with E-state index in [-0.39, 0.29) is 42.1 Å². The Hall–Kier alpha value is -3.22. The van der Waals surface area contributed by atoms with Gasteiger partial charge in [0.15, 0.2) is 10.9 Å².